The first kappa shape index (κ1) is 11.0. The van der Waals surface area contributed by atoms with Crippen LogP contribution in [-0.2, 0) is 0 Å². The zero-order valence-corrected chi connectivity index (χ0v) is 11.1. The summed E-state index contributed by atoms with van der Waals surface area (Å²) in [6.07, 6.45) is 5.13. The Labute approximate surface area is 87.7 Å². The normalized spacial score (nSPS) is 22.2. The summed E-state index contributed by atoms with van der Waals surface area (Å²) in [6.45, 7) is 5.61. The Morgan fingerprint density at radius 2 is 1.90 bits per heavy atom. The van der Waals surface area contributed by atoms with E-state index in [4.69, 9.17) is 0 Å². The molecule has 0 bridgehead atoms. The van der Waals surface area contributed by atoms with E-state index in [1.807, 2.05) is 0 Å². The molecule has 1 saturated heterocycles. The molecule has 0 aromatic heterocycles. The van der Waals surface area contributed by atoms with Gasteiger partial charge in [-0.05, 0) is 0 Å². The van der Waals surface area contributed by atoms with Gasteiger partial charge in [0, 0.05) is 31.1 Å². The summed E-state index contributed by atoms with van der Waals surface area (Å²) in [7, 11) is 0. The van der Waals surface area contributed by atoms with Crippen LogP contribution >= 0.6 is 0 Å². The Kier molecular flexibility index (Phi) is 5.29. The molecule has 0 aromatic carbocycles. The smallest absolute Gasteiger partial charge is 0 e. The van der Waals surface area contributed by atoms with Gasteiger partial charge in [-0.1, -0.05) is 39.5 Å². The standard InChI is InChI=1S/C8H16N.U/c1-3-8(4-2)6-5-7-9-8;/h3-7H2,1-2H3;/q-1;. The van der Waals surface area contributed by atoms with E-state index >= 15 is 0 Å². The SMILES string of the molecule is CCC1(CC)CCC[N-]1.[U]. The second-order valence-electron chi connectivity index (χ2n) is 2.92. The molecule has 0 unspecified atom stereocenters. The molecular formula is C8H16NU-. The first-order chi connectivity index (χ1) is 4.33. The van der Waals surface area contributed by atoms with E-state index in [0.29, 0.717) is 5.54 Å². The van der Waals surface area contributed by atoms with Gasteiger partial charge in [0.1, 0.15) is 0 Å². The van der Waals surface area contributed by atoms with Crippen molar-refractivity contribution in [2.45, 2.75) is 45.1 Å². The van der Waals surface area contributed by atoms with E-state index in [1.54, 1.807) is 0 Å². The van der Waals surface area contributed by atoms with Gasteiger partial charge in [0.05, 0.1) is 0 Å². The van der Waals surface area contributed by atoms with Crippen LogP contribution in [0.25, 0.3) is 5.32 Å². The van der Waals surface area contributed by atoms with Crippen LogP contribution in [-0.4, -0.2) is 12.1 Å². The molecule has 1 fully saturated rings. The first-order valence-corrected chi connectivity index (χ1v) is 4.01. The van der Waals surface area contributed by atoms with Gasteiger partial charge in [-0.3, -0.25) is 0 Å². The molecule has 0 amide bonds. The fourth-order valence-corrected chi connectivity index (χ4v) is 1.63. The monoisotopic (exact) mass is 364 g/mol. The van der Waals surface area contributed by atoms with E-state index in [2.05, 4.69) is 19.2 Å². The number of nitrogens with zero attached hydrogens (tertiary/aromatic N) is 1. The Hall–Kier alpha value is 1.01. The molecule has 1 nitrogen and oxygen atoms in total. The van der Waals surface area contributed by atoms with Crippen LogP contribution < -0.4 is 0 Å². The summed E-state index contributed by atoms with van der Waals surface area (Å²) in [6, 6.07) is 0. The van der Waals surface area contributed by atoms with Gasteiger partial charge in [-0.25, -0.2) is 0 Å². The summed E-state index contributed by atoms with van der Waals surface area (Å²) in [5, 5.41) is 4.60. The Balaban J connectivity index is 0.000000810. The summed E-state index contributed by atoms with van der Waals surface area (Å²) in [5.41, 5.74) is 0.403. The zero-order valence-electron chi connectivity index (χ0n) is 6.98. The Bertz CT molecular complexity index is 81.3. The molecule has 0 saturated carbocycles. The van der Waals surface area contributed by atoms with Crippen LogP contribution in [0.15, 0.2) is 0 Å². The van der Waals surface area contributed by atoms with E-state index in [0.717, 1.165) is 6.54 Å². The summed E-state index contributed by atoms with van der Waals surface area (Å²) in [5.74, 6) is 0. The van der Waals surface area contributed by atoms with Crippen molar-refractivity contribution < 1.29 is 31.1 Å². The number of rotatable bonds is 2. The quantitative estimate of drug-likeness (QED) is 0.716. The van der Waals surface area contributed by atoms with Crippen LogP contribution in [0, 0.1) is 31.1 Å². The first-order valence-electron chi connectivity index (χ1n) is 4.01. The number of hydrogen-bond acceptors (Lipinski definition) is 0. The fourth-order valence-electron chi connectivity index (χ4n) is 1.63. The molecule has 1 rings (SSSR count). The molecule has 2 heteroatoms. The van der Waals surface area contributed by atoms with Crippen molar-refractivity contribution in [1.29, 1.82) is 0 Å². The van der Waals surface area contributed by atoms with Crippen LogP contribution in [0.2, 0.25) is 0 Å². The minimum Gasteiger partial charge on any atom is -0.657 e. The second kappa shape index (κ2) is 4.80. The molecule has 0 spiro atoms. The Morgan fingerprint density at radius 3 is 2.10 bits per heavy atom. The molecule has 1 aliphatic rings. The molecule has 1 heterocycles. The molecule has 0 aromatic rings. The molecule has 0 N–H and O–H groups in total. The maximum Gasteiger partial charge on any atom is 0 e. The van der Waals surface area contributed by atoms with Crippen LogP contribution in [0.3, 0.4) is 0 Å². The van der Waals surface area contributed by atoms with Crippen molar-refractivity contribution in [3.05, 3.63) is 5.32 Å². The van der Waals surface area contributed by atoms with E-state index in [1.165, 1.54) is 25.7 Å². The average Bonchev–Trinajstić information content (AvgIpc) is 2.36. The molecule has 0 radical (unpaired) electrons. The van der Waals surface area contributed by atoms with Crippen molar-refractivity contribution in [2.24, 2.45) is 0 Å². The Morgan fingerprint density at radius 1 is 1.30 bits per heavy atom. The van der Waals surface area contributed by atoms with Gasteiger partial charge < -0.3 is 5.32 Å². The summed E-state index contributed by atoms with van der Waals surface area (Å²) >= 11 is 0. The minimum atomic E-state index is 0. The molecular weight excluding hydrogens is 348 g/mol. The van der Waals surface area contributed by atoms with Crippen LogP contribution in [0.5, 0.6) is 0 Å². The summed E-state index contributed by atoms with van der Waals surface area (Å²) < 4.78 is 0. The largest absolute Gasteiger partial charge is 0.657 e. The van der Waals surface area contributed by atoms with E-state index in [-0.39, 0.29) is 31.1 Å². The van der Waals surface area contributed by atoms with Gasteiger partial charge in [-0.15, -0.1) is 12.1 Å². The zero-order chi connectivity index (χ0) is 6.74. The third-order valence-corrected chi connectivity index (χ3v) is 2.56. The second-order valence-corrected chi connectivity index (χ2v) is 2.92. The predicted molar refractivity (Wildman–Crippen MR) is 40.8 cm³/mol. The van der Waals surface area contributed by atoms with Crippen LogP contribution in [0.1, 0.15) is 39.5 Å². The molecule has 1 aliphatic heterocycles. The fraction of sp³-hybridized carbons (Fsp3) is 1.00. The topological polar surface area (TPSA) is 14.1 Å². The average molecular weight is 364 g/mol. The maximum absolute atomic E-state index is 4.60. The molecule has 58 valence electrons. The van der Waals surface area contributed by atoms with Crippen LogP contribution in [0.4, 0.5) is 0 Å². The van der Waals surface area contributed by atoms with Gasteiger partial charge in [-0.2, -0.15) is 0 Å². The van der Waals surface area contributed by atoms with E-state index < -0.39 is 0 Å². The van der Waals surface area contributed by atoms with E-state index in [9.17, 15) is 0 Å². The maximum atomic E-state index is 4.60. The van der Waals surface area contributed by atoms with Gasteiger partial charge >= 0.3 is 0 Å². The summed E-state index contributed by atoms with van der Waals surface area (Å²) in [4.78, 5) is 0. The van der Waals surface area contributed by atoms with Crippen molar-refractivity contribution in [1.82, 2.24) is 0 Å². The van der Waals surface area contributed by atoms with Gasteiger partial charge in [0.2, 0.25) is 0 Å². The van der Waals surface area contributed by atoms with Crippen molar-refractivity contribution in [3.8, 4) is 0 Å². The predicted octanol–water partition coefficient (Wildman–Crippen LogP) is 2.71. The third-order valence-electron chi connectivity index (χ3n) is 2.56. The van der Waals surface area contributed by atoms with Gasteiger partial charge in [0.25, 0.3) is 0 Å². The van der Waals surface area contributed by atoms with Crippen molar-refractivity contribution >= 4 is 0 Å². The molecule has 0 atom stereocenters. The molecule has 0 aliphatic carbocycles. The third kappa shape index (κ3) is 2.26. The van der Waals surface area contributed by atoms with Gasteiger partial charge in [0.15, 0.2) is 0 Å². The number of hydrogen-bond donors (Lipinski definition) is 0. The molecule has 10 heavy (non-hydrogen) atoms. The van der Waals surface area contributed by atoms with Crippen molar-refractivity contribution in [2.75, 3.05) is 6.54 Å². The minimum absolute atomic E-state index is 0. The van der Waals surface area contributed by atoms with Crippen molar-refractivity contribution in [3.63, 3.8) is 0 Å².